The van der Waals surface area contributed by atoms with Gasteiger partial charge in [0.15, 0.2) is 6.29 Å². The maximum absolute atomic E-state index is 10.8. The van der Waals surface area contributed by atoms with Crippen molar-refractivity contribution in [2.45, 2.75) is 13.1 Å². The van der Waals surface area contributed by atoms with Gasteiger partial charge in [-0.3, -0.25) is 9.78 Å². The molecule has 0 fully saturated rings. The van der Waals surface area contributed by atoms with Crippen molar-refractivity contribution in [3.63, 3.8) is 0 Å². The Hall–Kier alpha value is -2.94. The van der Waals surface area contributed by atoms with E-state index in [1.807, 2.05) is 42.5 Å². The molecule has 3 heteroatoms. The van der Waals surface area contributed by atoms with Crippen LogP contribution in [0.4, 0.5) is 5.69 Å². The monoisotopic (exact) mass is 302 g/mol. The van der Waals surface area contributed by atoms with Gasteiger partial charge in [0.1, 0.15) is 5.69 Å². The van der Waals surface area contributed by atoms with Crippen LogP contribution in [0.5, 0.6) is 0 Å². The van der Waals surface area contributed by atoms with Gasteiger partial charge in [0, 0.05) is 13.1 Å². The summed E-state index contributed by atoms with van der Waals surface area (Å²) in [6.45, 7) is 1.58. The number of hydrogen-bond acceptors (Lipinski definition) is 3. The van der Waals surface area contributed by atoms with Crippen molar-refractivity contribution >= 4 is 12.0 Å². The maximum Gasteiger partial charge on any atom is 0.168 e. The molecule has 1 heterocycles. The number of anilines is 1. The highest BCUT2D eigenvalue weighted by Crippen LogP contribution is 2.19. The Morgan fingerprint density at radius 2 is 1.35 bits per heavy atom. The molecule has 2 aromatic carbocycles. The molecule has 0 radical (unpaired) electrons. The van der Waals surface area contributed by atoms with E-state index in [1.165, 1.54) is 11.1 Å². The molecule has 3 nitrogen and oxygen atoms in total. The summed E-state index contributed by atoms with van der Waals surface area (Å²) in [7, 11) is 0. The van der Waals surface area contributed by atoms with Gasteiger partial charge in [-0.25, -0.2) is 0 Å². The molecule has 0 amide bonds. The van der Waals surface area contributed by atoms with E-state index in [2.05, 4.69) is 34.1 Å². The summed E-state index contributed by atoms with van der Waals surface area (Å²) in [5.41, 5.74) is 3.93. The Morgan fingerprint density at radius 1 is 0.783 bits per heavy atom. The first-order chi connectivity index (χ1) is 11.3. The number of hydrogen-bond donors (Lipinski definition) is 0. The molecule has 0 aliphatic carbocycles. The van der Waals surface area contributed by atoms with Gasteiger partial charge in [-0.15, -0.1) is 0 Å². The van der Waals surface area contributed by atoms with Crippen LogP contribution in [-0.4, -0.2) is 11.3 Å². The van der Waals surface area contributed by atoms with Crippen LogP contribution in [-0.2, 0) is 13.1 Å². The second-order valence-electron chi connectivity index (χ2n) is 5.39. The highest BCUT2D eigenvalue weighted by molar-refractivity contribution is 5.72. The maximum atomic E-state index is 10.8. The summed E-state index contributed by atoms with van der Waals surface area (Å²) in [4.78, 5) is 17.2. The lowest BCUT2D eigenvalue weighted by atomic mass is 10.1. The van der Waals surface area contributed by atoms with Crippen LogP contribution in [0.25, 0.3) is 0 Å². The lowest BCUT2D eigenvalue weighted by Crippen LogP contribution is -2.22. The molecule has 0 atom stereocenters. The molecule has 0 unspecified atom stereocenters. The number of carbonyl (C=O) groups excluding carboxylic acids is 1. The van der Waals surface area contributed by atoms with Crippen LogP contribution in [0.3, 0.4) is 0 Å². The molecule has 3 rings (SSSR count). The fourth-order valence-corrected chi connectivity index (χ4v) is 2.50. The normalized spacial score (nSPS) is 10.3. The van der Waals surface area contributed by atoms with Gasteiger partial charge in [-0.2, -0.15) is 0 Å². The van der Waals surface area contributed by atoms with E-state index in [0.717, 1.165) is 25.1 Å². The molecule has 1 aromatic heterocycles. The third kappa shape index (κ3) is 4.04. The average Bonchev–Trinajstić information content (AvgIpc) is 2.63. The first-order valence-electron chi connectivity index (χ1n) is 7.59. The molecule has 0 spiro atoms. The van der Waals surface area contributed by atoms with Crippen LogP contribution >= 0.6 is 0 Å². The molecule has 0 N–H and O–H groups in total. The van der Waals surface area contributed by atoms with Crippen molar-refractivity contribution in [1.29, 1.82) is 0 Å². The number of aromatic nitrogens is 1. The smallest absolute Gasteiger partial charge is 0.168 e. The van der Waals surface area contributed by atoms with Crippen molar-refractivity contribution in [3.8, 4) is 0 Å². The highest BCUT2D eigenvalue weighted by Gasteiger charge is 2.09. The minimum absolute atomic E-state index is 0.452. The number of benzene rings is 2. The highest BCUT2D eigenvalue weighted by atomic mass is 16.1. The van der Waals surface area contributed by atoms with Crippen LogP contribution in [0.2, 0.25) is 0 Å². The zero-order chi connectivity index (χ0) is 15.9. The Morgan fingerprint density at radius 3 is 1.78 bits per heavy atom. The summed E-state index contributed by atoms with van der Waals surface area (Å²) in [6.07, 6.45) is 2.53. The van der Waals surface area contributed by atoms with Gasteiger partial charge in [0.25, 0.3) is 0 Å². The predicted octanol–water partition coefficient (Wildman–Crippen LogP) is 4.10. The molecule has 0 saturated heterocycles. The fraction of sp³-hybridized carbons (Fsp3) is 0.100. The summed E-state index contributed by atoms with van der Waals surface area (Å²) >= 11 is 0. The first kappa shape index (κ1) is 15.0. The zero-order valence-corrected chi connectivity index (χ0v) is 12.8. The fourth-order valence-electron chi connectivity index (χ4n) is 2.50. The van der Waals surface area contributed by atoms with Gasteiger partial charge in [0.2, 0.25) is 0 Å². The van der Waals surface area contributed by atoms with Crippen molar-refractivity contribution in [2.75, 3.05) is 4.90 Å². The van der Waals surface area contributed by atoms with Crippen LogP contribution < -0.4 is 4.90 Å². The van der Waals surface area contributed by atoms with E-state index in [-0.39, 0.29) is 0 Å². The summed E-state index contributed by atoms with van der Waals surface area (Å²) in [5.74, 6) is 0. The second-order valence-corrected chi connectivity index (χ2v) is 5.39. The van der Waals surface area contributed by atoms with Crippen LogP contribution in [0.15, 0.2) is 79.0 Å². The van der Waals surface area contributed by atoms with E-state index in [0.29, 0.717) is 5.69 Å². The molecule has 23 heavy (non-hydrogen) atoms. The quantitative estimate of drug-likeness (QED) is 0.643. The largest absolute Gasteiger partial charge is 0.362 e. The summed E-state index contributed by atoms with van der Waals surface area (Å²) in [5, 5.41) is 0. The Labute approximate surface area is 136 Å². The molecule has 0 aliphatic heterocycles. The number of nitrogens with zero attached hydrogens (tertiary/aromatic N) is 2. The lowest BCUT2D eigenvalue weighted by Gasteiger charge is -2.25. The third-order valence-corrected chi connectivity index (χ3v) is 3.69. The first-order valence-corrected chi connectivity index (χ1v) is 7.59. The molecule has 0 aliphatic rings. The van der Waals surface area contributed by atoms with Crippen molar-refractivity contribution < 1.29 is 4.79 Å². The van der Waals surface area contributed by atoms with Crippen molar-refractivity contribution in [3.05, 3.63) is 95.8 Å². The Balaban J connectivity index is 1.86. The predicted molar refractivity (Wildman–Crippen MR) is 92.4 cm³/mol. The van der Waals surface area contributed by atoms with Gasteiger partial charge in [-0.05, 0) is 23.3 Å². The standard InChI is InChI=1S/C20H18N2O/c23-16-19-11-12-20(13-21-19)22(14-17-7-3-1-4-8-17)15-18-9-5-2-6-10-18/h1-13,16H,14-15H2. The number of carbonyl (C=O) groups is 1. The summed E-state index contributed by atoms with van der Waals surface area (Å²) < 4.78 is 0. The van der Waals surface area contributed by atoms with Crippen LogP contribution in [0, 0.1) is 0 Å². The molecular weight excluding hydrogens is 284 g/mol. The number of pyridine rings is 1. The van der Waals surface area contributed by atoms with E-state index in [1.54, 1.807) is 12.3 Å². The molecule has 3 aromatic rings. The lowest BCUT2D eigenvalue weighted by molar-refractivity contribution is 0.111. The topological polar surface area (TPSA) is 33.2 Å². The van der Waals surface area contributed by atoms with Gasteiger partial charge >= 0.3 is 0 Å². The van der Waals surface area contributed by atoms with Gasteiger partial charge in [-0.1, -0.05) is 60.7 Å². The Bertz CT molecular complexity index is 698. The minimum Gasteiger partial charge on any atom is -0.362 e. The minimum atomic E-state index is 0.452. The molecule has 114 valence electrons. The van der Waals surface area contributed by atoms with Gasteiger partial charge in [0.05, 0.1) is 11.9 Å². The molecule has 0 bridgehead atoms. The molecule has 0 saturated carbocycles. The van der Waals surface area contributed by atoms with E-state index in [9.17, 15) is 4.79 Å². The third-order valence-electron chi connectivity index (χ3n) is 3.69. The van der Waals surface area contributed by atoms with E-state index in [4.69, 9.17) is 0 Å². The van der Waals surface area contributed by atoms with E-state index < -0.39 is 0 Å². The average molecular weight is 302 g/mol. The van der Waals surface area contributed by atoms with Crippen LogP contribution in [0.1, 0.15) is 21.6 Å². The number of aldehydes is 1. The SMILES string of the molecule is O=Cc1ccc(N(Cc2ccccc2)Cc2ccccc2)cn1. The number of rotatable bonds is 6. The molecular formula is C20H18N2O. The Kier molecular flexibility index (Phi) is 4.79. The second kappa shape index (κ2) is 7.36. The van der Waals surface area contributed by atoms with Crippen molar-refractivity contribution in [1.82, 2.24) is 4.98 Å². The van der Waals surface area contributed by atoms with E-state index >= 15 is 0 Å². The zero-order valence-electron chi connectivity index (χ0n) is 12.8. The van der Waals surface area contributed by atoms with Crippen molar-refractivity contribution in [2.24, 2.45) is 0 Å². The van der Waals surface area contributed by atoms with Gasteiger partial charge < -0.3 is 4.90 Å². The summed E-state index contributed by atoms with van der Waals surface area (Å²) in [6, 6.07) is 24.4.